The lowest BCUT2D eigenvalue weighted by Crippen LogP contribution is -2.22. The minimum Gasteiger partial charge on any atom is -0.460 e. The Balaban J connectivity index is 1.34. The molecule has 1 aromatic heterocycles. The lowest BCUT2D eigenvalue weighted by molar-refractivity contribution is -0.142. The van der Waals surface area contributed by atoms with Crippen LogP contribution in [0.5, 0.6) is 0 Å². The van der Waals surface area contributed by atoms with Crippen molar-refractivity contribution in [3.63, 3.8) is 0 Å². The summed E-state index contributed by atoms with van der Waals surface area (Å²) < 4.78 is 16.2. The molecular formula is C27H31NO6. The summed E-state index contributed by atoms with van der Waals surface area (Å²) in [6, 6.07) is 9.68. The van der Waals surface area contributed by atoms with Crippen LogP contribution in [-0.2, 0) is 25.6 Å². The summed E-state index contributed by atoms with van der Waals surface area (Å²) in [6.07, 6.45) is 10.2. The molecule has 180 valence electrons. The number of aromatic nitrogens is 1. The van der Waals surface area contributed by atoms with E-state index in [1.165, 1.54) is 12.2 Å². The Morgan fingerprint density at radius 1 is 1.24 bits per heavy atom. The number of pyridine rings is 1. The average Bonchev–Trinajstić information content (AvgIpc) is 3.22. The van der Waals surface area contributed by atoms with E-state index in [1.807, 2.05) is 37.3 Å². The lowest BCUT2D eigenvalue weighted by atomic mass is 9.90. The highest BCUT2D eigenvalue weighted by Gasteiger charge is 2.38. The normalized spacial score (nSPS) is 29.6. The van der Waals surface area contributed by atoms with E-state index in [0.717, 1.165) is 35.7 Å². The third-order valence-electron chi connectivity index (χ3n) is 6.44. The molecule has 1 saturated carbocycles. The summed E-state index contributed by atoms with van der Waals surface area (Å²) in [5.41, 5.74) is 1.66. The summed E-state index contributed by atoms with van der Waals surface area (Å²) in [7, 11) is 0. The number of hydrogen-bond acceptors (Lipinski definition) is 7. The van der Waals surface area contributed by atoms with Crippen molar-refractivity contribution in [3.8, 4) is 0 Å². The van der Waals surface area contributed by atoms with Gasteiger partial charge in [-0.3, -0.25) is 4.98 Å². The maximum Gasteiger partial charge on any atom is 0.508 e. The first-order valence-corrected chi connectivity index (χ1v) is 11.9. The SMILES string of the molecule is C[C@H]1CCC/C=C/[C@@H]2CC(OC(=O)OCc3cnc4ccccc4c3)C[C@H]2[C@H](O)/C=C/C(=O)O1. The van der Waals surface area contributed by atoms with Gasteiger partial charge in [0, 0.05) is 23.2 Å². The number of benzene rings is 1. The molecule has 0 radical (unpaired) electrons. The molecule has 2 aliphatic rings. The smallest absolute Gasteiger partial charge is 0.460 e. The van der Waals surface area contributed by atoms with Gasteiger partial charge in [0.1, 0.15) is 12.7 Å². The number of hydrogen-bond donors (Lipinski definition) is 1. The molecule has 7 nitrogen and oxygen atoms in total. The van der Waals surface area contributed by atoms with E-state index < -0.39 is 18.2 Å². The van der Waals surface area contributed by atoms with E-state index in [-0.39, 0.29) is 30.7 Å². The molecular weight excluding hydrogens is 434 g/mol. The fourth-order valence-corrected chi connectivity index (χ4v) is 4.68. The third-order valence-corrected chi connectivity index (χ3v) is 6.44. The molecule has 1 fully saturated rings. The van der Waals surface area contributed by atoms with E-state index in [2.05, 4.69) is 17.1 Å². The second-order valence-corrected chi connectivity index (χ2v) is 9.07. The Hall–Kier alpha value is -3.19. The van der Waals surface area contributed by atoms with Gasteiger partial charge in [-0.2, -0.15) is 0 Å². The van der Waals surface area contributed by atoms with Gasteiger partial charge in [0.15, 0.2) is 0 Å². The molecule has 7 heteroatoms. The minimum atomic E-state index is -0.841. The van der Waals surface area contributed by atoms with Crippen LogP contribution in [0.25, 0.3) is 10.9 Å². The van der Waals surface area contributed by atoms with Crippen LogP contribution in [0.2, 0.25) is 0 Å². The quantitative estimate of drug-likeness (QED) is 0.510. The molecule has 34 heavy (non-hydrogen) atoms. The number of aliphatic hydroxyl groups is 1. The molecule has 1 aromatic carbocycles. The van der Waals surface area contributed by atoms with Gasteiger partial charge in [0.2, 0.25) is 0 Å². The predicted molar refractivity (Wildman–Crippen MR) is 127 cm³/mol. The lowest BCUT2D eigenvalue weighted by Gasteiger charge is -2.19. The number of aliphatic hydroxyl groups excluding tert-OH is 1. The van der Waals surface area contributed by atoms with E-state index in [1.54, 1.807) is 6.20 Å². The summed E-state index contributed by atoms with van der Waals surface area (Å²) in [5.74, 6) is -0.579. The molecule has 0 amide bonds. The number of allylic oxidation sites excluding steroid dienone is 2. The number of ether oxygens (including phenoxy) is 3. The first-order chi connectivity index (χ1) is 16.5. The van der Waals surface area contributed by atoms with Crippen LogP contribution in [0, 0.1) is 11.8 Å². The molecule has 5 atom stereocenters. The van der Waals surface area contributed by atoms with E-state index in [0.29, 0.717) is 12.8 Å². The molecule has 0 saturated heterocycles. The van der Waals surface area contributed by atoms with Gasteiger partial charge in [-0.25, -0.2) is 9.59 Å². The van der Waals surface area contributed by atoms with Crippen molar-refractivity contribution < 1.29 is 28.9 Å². The van der Waals surface area contributed by atoms with Gasteiger partial charge in [0.05, 0.1) is 17.7 Å². The van der Waals surface area contributed by atoms with Gasteiger partial charge in [-0.15, -0.1) is 0 Å². The van der Waals surface area contributed by atoms with Crippen LogP contribution in [-0.4, -0.2) is 40.5 Å². The monoisotopic (exact) mass is 465 g/mol. The molecule has 2 aromatic rings. The van der Waals surface area contributed by atoms with Crippen molar-refractivity contribution in [1.29, 1.82) is 0 Å². The molecule has 1 unspecified atom stereocenters. The second kappa shape index (κ2) is 11.3. The summed E-state index contributed by atoms with van der Waals surface area (Å²) >= 11 is 0. The molecule has 1 aliphatic carbocycles. The van der Waals surface area contributed by atoms with Crippen LogP contribution in [0.1, 0.15) is 44.6 Å². The molecule has 4 rings (SSSR count). The largest absolute Gasteiger partial charge is 0.508 e. The average molecular weight is 466 g/mol. The number of rotatable bonds is 3. The molecule has 2 heterocycles. The molecule has 1 aliphatic heterocycles. The fraction of sp³-hybridized carbons (Fsp3) is 0.444. The number of carbonyl (C=O) groups excluding carboxylic acids is 2. The molecule has 0 bridgehead atoms. The molecule has 0 spiro atoms. The Labute approximate surface area is 199 Å². The number of fused-ring (bicyclic) bond motifs is 2. The van der Waals surface area contributed by atoms with Crippen LogP contribution in [0.3, 0.4) is 0 Å². The van der Waals surface area contributed by atoms with Gasteiger partial charge in [0.25, 0.3) is 0 Å². The van der Waals surface area contributed by atoms with Gasteiger partial charge < -0.3 is 19.3 Å². The Kier molecular flexibility index (Phi) is 7.95. The van der Waals surface area contributed by atoms with Crippen molar-refractivity contribution in [2.75, 3.05) is 0 Å². The summed E-state index contributed by atoms with van der Waals surface area (Å²) in [6.45, 7) is 1.94. The van der Waals surface area contributed by atoms with Crippen LogP contribution < -0.4 is 0 Å². The van der Waals surface area contributed by atoms with E-state index >= 15 is 0 Å². The Bertz CT molecular complexity index is 1060. The van der Waals surface area contributed by atoms with E-state index in [4.69, 9.17) is 14.2 Å². The van der Waals surface area contributed by atoms with Crippen molar-refractivity contribution in [1.82, 2.24) is 4.98 Å². The number of esters is 1. The summed E-state index contributed by atoms with van der Waals surface area (Å²) in [4.78, 5) is 28.7. The van der Waals surface area contributed by atoms with Gasteiger partial charge in [-0.05, 0) is 69.1 Å². The summed E-state index contributed by atoms with van der Waals surface area (Å²) in [5, 5.41) is 11.7. The second-order valence-electron chi connectivity index (χ2n) is 9.07. The maximum atomic E-state index is 12.4. The van der Waals surface area contributed by atoms with Gasteiger partial charge in [-0.1, -0.05) is 30.4 Å². The zero-order chi connectivity index (χ0) is 23.9. The molecule has 1 N–H and O–H groups in total. The number of nitrogens with zero attached hydrogens (tertiary/aromatic N) is 1. The van der Waals surface area contributed by atoms with Crippen LogP contribution in [0.15, 0.2) is 60.8 Å². The zero-order valence-electron chi connectivity index (χ0n) is 19.3. The van der Waals surface area contributed by atoms with Crippen molar-refractivity contribution >= 4 is 23.0 Å². The first kappa shape index (κ1) is 24.0. The van der Waals surface area contributed by atoms with Crippen molar-refractivity contribution in [2.24, 2.45) is 11.8 Å². The number of cyclic esters (lactones) is 1. The minimum absolute atomic E-state index is 0.0383. The number of carbonyl (C=O) groups is 2. The Morgan fingerprint density at radius 2 is 2.09 bits per heavy atom. The van der Waals surface area contributed by atoms with Gasteiger partial charge >= 0.3 is 12.1 Å². The standard InChI is InChI=1S/C27H31NO6/c1-18-7-3-2-4-8-20-14-22(15-23(20)25(29)11-12-26(30)33-18)34-27(31)32-17-19-13-21-9-5-6-10-24(21)28-16-19/h4-6,8-13,16,18,20,22-23,25,29H,2-3,7,14-15,17H2,1H3/b8-4+,12-11+/t18-,20+,22?,23+,25+/m0/s1. The topological polar surface area (TPSA) is 95.0 Å². The maximum absolute atomic E-state index is 12.4. The van der Waals surface area contributed by atoms with E-state index in [9.17, 15) is 14.7 Å². The third kappa shape index (κ3) is 6.44. The highest BCUT2D eigenvalue weighted by atomic mass is 16.7. The van der Waals surface area contributed by atoms with Crippen LogP contribution >= 0.6 is 0 Å². The first-order valence-electron chi connectivity index (χ1n) is 11.9. The zero-order valence-corrected chi connectivity index (χ0v) is 19.3. The van der Waals surface area contributed by atoms with Crippen LogP contribution in [0.4, 0.5) is 4.79 Å². The van der Waals surface area contributed by atoms with Crippen molar-refractivity contribution in [3.05, 3.63) is 66.4 Å². The predicted octanol–water partition coefficient (Wildman–Crippen LogP) is 4.87. The highest BCUT2D eigenvalue weighted by molar-refractivity contribution is 5.82. The highest BCUT2D eigenvalue weighted by Crippen LogP contribution is 2.38. The van der Waals surface area contributed by atoms with Crippen molar-refractivity contribution in [2.45, 2.75) is 63.9 Å². The Morgan fingerprint density at radius 3 is 2.97 bits per heavy atom. The fourth-order valence-electron chi connectivity index (χ4n) is 4.68. The number of para-hydroxylation sites is 1.